The Hall–Kier alpha value is -4.97. The normalized spacial score (nSPS) is 13.3. The number of allylic oxidation sites excluding steroid dienone is 26. The highest BCUT2D eigenvalue weighted by atomic mass is 16.6. The van der Waals surface area contributed by atoms with E-state index in [4.69, 9.17) is 14.2 Å². The van der Waals surface area contributed by atoms with Crippen LogP contribution in [0.4, 0.5) is 0 Å². The van der Waals surface area contributed by atoms with Crippen molar-refractivity contribution in [3.63, 3.8) is 0 Å². The summed E-state index contributed by atoms with van der Waals surface area (Å²) in [5, 5.41) is 0. The van der Waals surface area contributed by atoms with Crippen molar-refractivity contribution >= 4 is 17.9 Å². The van der Waals surface area contributed by atoms with Gasteiger partial charge in [0.05, 0.1) is 0 Å². The Labute approximate surface area is 460 Å². The maximum absolute atomic E-state index is 12.9. The van der Waals surface area contributed by atoms with Gasteiger partial charge >= 0.3 is 17.9 Å². The SMILES string of the molecule is CC/C=C\C/C=C\C/C=C\C/C=C\C/C=C\CCCCCCCC(=O)OC(COC(=O)CC/C=C\C/C=C\C/C=C\C/C=C\CC)COC(=O)CCCCCCCCCCCC/C=C\C/C=C\C/C=C\C/C=C\CC. The molecule has 0 aliphatic rings. The largest absolute Gasteiger partial charge is 0.462 e. The number of esters is 3. The number of unbranched alkanes of at least 4 members (excludes halogenated alkanes) is 15. The van der Waals surface area contributed by atoms with Crippen molar-refractivity contribution in [3.05, 3.63) is 158 Å². The molecule has 0 fully saturated rings. The van der Waals surface area contributed by atoms with Gasteiger partial charge in [-0.15, -0.1) is 0 Å². The molecule has 0 aliphatic heterocycles. The predicted octanol–water partition coefficient (Wildman–Crippen LogP) is 20.5. The molecule has 1 atom stereocenters. The van der Waals surface area contributed by atoms with E-state index in [0.29, 0.717) is 12.8 Å². The molecular weight excluding hydrogens is 925 g/mol. The van der Waals surface area contributed by atoms with Gasteiger partial charge in [0.2, 0.25) is 0 Å². The average molecular weight is 1030 g/mol. The summed E-state index contributed by atoms with van der Waals surface area (Å²) >= 11 is 0. The number of rotatable bonds is 52. The van der Waals surface area contributed by atoms with Crippen LogP contribution < -0.4 is 0 Å². The summed E-state index contributed by atoms with van der Waals surface area (Å²) in [6, 6.07) is 0. The first-order valence-electron chi connectivity index (χ1n) is 30.0. The van der Waals surface area contributed by atoms with Gasteiger partial charge in [-0.1, -0.05) is 249 Å². The topological polar surface area (TPSA) is 78.9 Å². The third-order valence-corrected chi connectivity index (χ3v) is 12.0. The van der Waals surface area contributed by atoms with Gasteiger partial charge in [-0.2, -0.15) is 0 Å². The van der Waals surface area contributed by atoms with Crippen LogP contribution in [0.3, 0.4) is 0 Å². The molecule has 6 nitrogen and oxygen atoms in total. The summed E-state index contributed by atoms with van der Waals surface area (Å²) in [6.07, 6.45) is 89.7. The van der Waals surface area contributed by atoms with Gasteiger partial charge in [0.25, 0.3) is 0 Å². The zero-order valence-electron chi connectivity index (χ0n) is 48.0. The minimum Gasteiger partial charge on any atom is -0.462 e. The maximum Gasteiger partial charge on any atom is 0.306 e. The molecule has 0 aromatic carbocycles. The van der Waals surface area contributed by atoms with E-state index in [2.05, 4.69) is 167 Å². The van der Waals surface area contributed by atoms with E-state index >= 15 is 0 Å². The standard InChI is InChI=1S/C69H108O6/c1-4-7-10-13-16-19-22-25-27-29-31-33-34-36-37-39-41-44-47-50-53-56-59-62-68(71)74-65-66(64-73-67(70)61-58-55-52-49-46-43-24-21-18-15-12-9-6-3)75-69(72)63-60-57-54-51-48-45-42-40-38-35-32-30-28-26-23-20-17-14-11-8-5-2/h7-12,16-21,25-28,31-33,35,40,42-43,46,52,55,66H,4-6,13-15,22-24,29-30,34,36-39,41,44-45,47-51,53-54,56-65H2,1-3H3/b10-7-,11-8-,12-9-,19-16-,20-17-,21-18-,27-25-,28-26-,33-31-,35-32-,42-40-,46-43-,55-52-. The molecule has 0 bridgehead atoms. The molecule has 0 aromatic heterocycles. The summed E-state index contributed by atoms with van der Waals surface area (Å²) in [5.74, 6) is -1.03. The molecule has 0 spiro atoms. The first-order chi connectivity index (χ1) is 37.0. The second kappa shape index (κ2) is 61.6. The van der Waals surface area contributed by atoms with Crippen molar-refractivity contribution < 1.29 is 28.6 Å². The molecule has 1 unspecified atom stereocenters. The summed E-state index contributed by atoms with van der Waals surface area (Å²) in [6.45, 7) is 6.20. The molecule has 75 heavy (non-hydrogen) atoms. The van der Waals surface area contributed by atoms with Crippen LogP contribution in [0, 0.1) is 0 Å². The molecule has 0 rings (SSSR count). The zero-order chi connectivity index (χ0) is 54.3. The van der Waals surface area contributed by atoms with E-state index in [-0.39, 0.29) is 44.0 Å². The van der Waals surface area contributed by atoms with Crippen LogP contribution >= 0.6 is 0 Å². The molecule has 420 valence electrons. The van der Waals surface area contributed by atoms with E-state index in [1.54, 1.807) is 0 Å². The predicted molar refractivity (Wildman–Crippen MR) is 325 cm³/mol. The smallest absolute Gasteiger partial charge is 0.306 e. The van der Waals surface area contributed by atoms with E-state index < -0.39 is 6.10 Å². The zero-order valence-corrected chi connectivity index (χ0v) is 48.0. The van der Waals surface area contributed by atoms with Gasteiger partial charge < -0.3 is 14.2 Å². The average Bonchev–Trinajstić information content (AvgIpc) is 3.41. The van der Waals surface area contributed by atoms with Gasteiger partial charge in [-0.3, -0.25) is 14.4 Å². The van der Waals surface area contributed by atoms with Crippen LogP contribution in [0.2, 0.25) is 0 Å². The monoisotopic (exact) mass is 1030 g/mol. The van der Waals surface area contributed by atoms with Crippen molar-refractivity contribution in [1.29, 1.82) is 0 Å². The van der Waals surface area contributed by atoms with Crippen LogP contribution in [0.15, 0.2) is 158 Å². The Kier molecular flexibility index (Phi) is 57.5. The van der Waals surface area contributed by atoms with Crippen LogP contribution in [-0.4, -0.2) is 37.2 Å². The molecular formula is C69H108O6. The lowest BCUT2D eigenvalue weighted by atomic mass is 10.1. The van der Waals surface area contributed by atoms with Crippen molar-refractivity contribution in [2.75, 3.05) is 13.2 Å². The number of hydrogen-bond acceptors (Lipinski definition) is 6. The lowest BCUT2D eigenvalue weighted by Crippen LogP contribution is -2.30. The number of carbonyl (C=O) groups is 3. The van der Waals surface area contributed by atoms with Crippen LogP contribution in [0.25, 0.3) is 0 Å². The van der Waals surface area contributed by atoms with Crippen LogP contribution in [-0.2, 0) is 28.6 Å². The summed E-state index contributed by atoms with van der Waals surface area (Å²) in [4.78, 5) is 38.2. The quantitative estimate of drug-likeness (QED) is 0.0261. The van der Waals surface area contributed by atoms with Crippen molar-refractivity contribution in [1.82, 2.24) is 0 Å². The van der Waals surface area contributed by atoms with Crippen LogP contribution in [0.5, 0.6) is 0 Å². The highest BCUT2D eigenvalue weighted by molar-refractivity contribution is 5.71. The van der Waals surface area contributed by atoms with Gasteiger partial charge in [-0.05, 0) is 128 Å². The molecule has 0 aromatic rings. The molecule has 0 saturated heterocycles. The first kappa shape index (κ1) is 70.0. The minimum absolute atomic E-state index is 0.117. The molecule has 0 N–H and O–H groups in total. The fourth-order valence-electron chi connectivity index (χ4n) is 7.65. The van der Waals surface area contributed by atoms with Gasteiger partial charge in [0.15, 0.2) is 6.10 Å². The summed E-state index contributed by atoms with van der Waals surface area (Å²) in [7, 11) is 0. The Morgan fingerprint density at radius 2 is 0.507 bits per heavy atom. The van der Waals surface area contributed by atoms with E-state index in [1.807, 2.05) is 12.2 Å². The highest BCUT2D eigenvalue weighted by Crippen LogP contribution is 2.14. The Morgan fingerprint density at radius 3 is 0.827 bits per heavy atom. The fourth-order valence-corrected chi connectivity index (χ4v) is 7.65. The van der Waals surface area contributed by atoms with E-state index in [0.717, 1.165) is 141 Å². The Bertz CT molecular complexity index is 1710. The molecule has 0 amide bonds. The third kappa shape index (κ3) is 59.8. The Morgan fingerprint density at radius 1 is 0.267 bits per heavy atom. The number of ether oxygens (including phenoxy) is 3. The van der Waals surface area contributed by atoms with Crippen molar-refractivity contribution in [2.24, 2.45) is 0 Å². The summed E-state index contributed by atoms with van der Waals surface area (Å²) in [5.41, 5.74) is 0. The van der Waals surface area contributed by atoms with Crippen molar-refractivity contribution in [3.8, 4) is 0 Å². The van der Waals surface area contributed by atoms with Crippen molar-refractivity contribution in [2.45, 2.75) is 245 Å². The van der Waals surface area contributed by atoms with Gasteiger partial charge in [0, 0.05) is 19.3 Å². The van der Waals surface area contributed by atoms with Crippen LogP contribution in [0.1, 0.15) is 239 Å². The number of carbonyl (C=O) groups excluding carboxylic acids is 3. The second-order valence-electron chi connectivity index (χ2n) is 19.1. The van der Waals surface area contributed by atoms with E-state index in [9.17, 15) is 14.4 Å². The molecule has 0 radical (unpaired) electrons. The molecule has 0 aliphatic carbocycles. The van der Waals surface area contributed by atoms with E-state index in [1.165, 1.54) is 51.4 Å². The van der Waals surface area contributed by atoms with Gasteiger partial charge in [-0.25, -0.2) is 0 Å². The highest BCUT2D eigenvalue weighted by Gasteiger charge is 2.19. The Balaban J connectivity index is 4.47. The fraction of sp³-hybridized carbons (Fsp3) is 0.580. The minimum atomic E-state index is -0.828. The second-order valence-corrected chi connectivity index (χ2v) is 19.1. The number of hydrogen-bond donors (Lipinski definition) is 0. The molecule has 0 heterocycles. The lowest BCUT2D eigenvalue weighted by Gasteiger charge is -2.18. The molecule has 6 heteroatoms. The maximum atomic E-state index is 12.9. The third-order valence-electron chi connectivity index (χ3n) is 12.0. The summed E-state index contributed by atoms with van der Waals surface area (Å²) < 4.78 is 16.8. The first-order valence-corrected chi connectivity index (χ1v) is 30.0. The molecule has 0 saturated carbocycles. The van der Waals surface area contributed by atoms with Gasteiger partial charge in [0.1, 0.15) is 13.2 Å². The lowest BCUT2D eigenvalue weighted by molar-refractivity contribution is -0.166.